The highest BCUT2D eigenvalue weighted by molar-refractivity contribution is 4.93. The summed E-state index contributed by atoms with van der Waals surface area (Å²) in [5, 5.41) is 3.77. The van der Waals surface area contributed by atoms with E-state index in [1.165, 1.54) is 19.3 Å². The van der Waals surface area contributed by atoms with Gasteiger partial charge in [0.05, 0.1) is 0 Å². The molecular weight excluding hydrogens is 218 g/mol. The van der Waals surface area contributed by atoms with Crippen molar-refractivity contribution >= 4 is 0 Å². The number of rotatable bonds is 4. The zero-order valence-electron chi connectivity index (χ0n) is 12.3. The predicted octanol–water partition coefficient (Wildman–Crippen LogP) is 4.23. The molecular formula is C17H31N. The molecule has 2 bridgehead atoms. The lowest BCUT2D eigenvalue weighted by atomic mass is 9.72. The summed E-state index contributed by atoms with van der Waals surface area (Å²) >= 11 is 0. The Balaban J connectivity index is 1.58. The molecule has 1 heteroatoms. The molecule has 3 fully saturated rings. The van der Waals surface area contributed by atoms with Crippen LogP contribution in [-0.4, -0.2) is 12.6 Å². The van der Waals surface area contributed by atoms with E-state index in [0.29, 0.717) is 0 Å². The van der Waals surface area contributed by atoms with Crippen LogP contribution in [-0.2, 0) is 0 Å². The SMILES string of the molecule is CCNC1CCC(C)CC1CC1CC2CCC1C2. The first-order valence-corrected chi connectivity index (χ1v) is 8.49. The lowest BCUT2D eigenvalue weighted by molar-refractivity contribution is 0.160. The molecule has 0 aromatic carbocycles. The number of nitrogens with one attached hydrogen (secondary N) is 1. The van der Waals surface area contributed by atoms with Gasteiger partial charge in [-0.05, 0) is 81.1 Å². The lowest BCUT2D eigenvalue weighted by Crippen LogP contribution is -2.41. The highest BCUT2D eigenvalue weighted by atomic mass is 14.9. The summed E-state index contributed by atoms with van der Waals surface area (Å²) in [5.74, 6) is 5.30. The van der Waals surface area contributed by atoms with E-state index in [9.17, 15) is 0 Å². The topological polar surface area (TPSA) is 12.0 Å². The monoisotopic (exact) mass is 249 g/mol. The third-order valence-electron chi connectivity index (χ3n) is 6.20. The van der Waals surface area contributed by atoms with Crippen LogP contribution in [0.4, 0.5) is 0 Å². The standard InChI is InChI=1S/C17H31N/c1-3-18-17-7-4-12(2)8-16(17)11-15-10-13-5-6-14(15)9-13/h12-18H,3-11H2,1-2H3. The van der Waals surface area contributed by atoms with Crippen molar-refractivity contribution in [3.63, 3.8) is 0 Å². The van der Waals surface area contributed by atoms with E-state index < -0.39 is 0 Å². The van der Waals surface area contributed by atoms with E-state index in [1.807, 2.05) is 0 Å². The first-order valence-electron chi connectivity index (χ1n) is 8.49. The Labute approximate surface area is 113 Å². The fourth-order valence-electron chi connectivity index (χ4n) is 5.34. The second-order valence-corrected chi connectivity index (χ2v) is 7.51. The van der Waals surface area contributed by atoms with Gasteiger partial charge in [0.15, 0.2) is 0 Å². The normalized spacial score (nSPS) is 47.7. The minimum absolute atomic E-state index is 0.838. The average molecular weight is 249 g/mol. The van der Waals surface area contributed by atoms with Gasteiger partial charge in [0.1, 0.15) is 0 Å². The largest absolute Gasteiger partial charge is 0.314 e. The van der Waals surface area contributed by atoms with Crippen LogP contribution in [0.3, 0.4) is 0 Å². The van der Waals surface area contributed by atoms with Crippen LogP contribution < -0.4 is 5.32 Å². The van der Waals surface area contributed by atoms with E-state index >= 15 is 0 Å². The van der Waals surface area contributed by atoms with Crippen molar-refractivity contribution in [1.29, 1.82) is 0 Å². The third kappa shape index (κ3) is 2.61. The Kier molecular flexibility index (Phi) is 3.98. The second-order valence-electron chi connectivity index (χ2n) is 7.51. The molecule has 0 aromatic heterocycles. The molecule has 0 radical (unpaired) electrons. The smallest absolute Gasteiger partial charge is 0.00955 e. The molecule has 3 saturated carbocycles. The van der Waals surface area contributed by atoms with Gasteiger partial charge in [-0.25, -0.2) is 0 Å². The Morgan fingerprint density at radius 3 is 2.50 bits per heavy atom. The van der Waals surface area contributed by atoms with Crippen molar-refractivity contribution in [2.45, 2.75) is 71.3 Å². The molecule has 6 unspecified atom stereocenters. The van der Waals surface area contributed by atoms with Crippen molar-refractivity contribution in [1.82, 2.24) is 5.32 Å². The van der Waals surface area contributed by atoms with Crippen molar-refractivity contribution in [2.75, 3.05) is 6.54 Å². The molecule has 0 amide bonds. The highest BCUT2D eigenvalue weighted by Crippen LogP contribution is 2.51. The quantitative estimate of drug-likeness (QED) is 0.786. The van der Waals surface area contributed by atoms with E-state index in [2.05, 4.69) is 19.2 Å². The maximum absolute atomic E-state index is 3.77. The van der Waals surface area contributed by atoms with Crippen molar-refractivity contribution < 1.29 is 0 Å². The van der Waals surface area contributed by atoms with Crippen LogP contribution in [0.25, 0.3) is 0 Å². The Bertz CT molecular complexity index is 275. The van der Waals surface area contributed by atoms with Gasteiger partial charge >= 0.3 is 0 Å². The molecule has 1 nitrogen and oxygen atoms in total. The van der Waals surface area contributed by atoms with Gasteiger partial charge in [-0.1, -0.05) is 20.3 Å². The molecule has 0 aromatic rings. The van der Waals surface area contributed by atoms with Crippen LogP contribution in [0, 0.1) is 29.6 Å². The summed E-state index contributed by atoms with van der Waals surface area (Å²) in [5.41, 5.74) is 0. The zero-order valence-corrected chi connectivity index (χ0v) is 12.3. The Hall–Kier alpha value is -0.0400. The Morgan fingerprint density at radius 2 is 1.83 bits per heavy atom. The van der Waals surface area contributed by atoms with Gasteiger partial charge in [-0.15, -0.1) is 0 Å². The van der Waals surface area contributed by atoms with Gasteiger partial charge < -0.3 is 5.32 Å². The van der Waals surface area contributed by atoms with Crippen LogP contribution in [0.5, 0.6) is 0 Å². The van der Waals surface area contributed by atoms with E-state index in [4.69, 9.17) is 0 Å². The molecule has 0 spiro atoms. The molecule has 0 aliphatic heterocycles. The summed E-state index contributed by atoms with van der Waals surface area (Å²) in [6, 6.07) is 0.838. The fourth-order valence-corrected chi connectivity index (χ4v) is 5.34. The van der Waals surface area contributed by atoms with Gasteiger partial charge in [0.25, 0.3) is 0 Å². The third-order valence-corrected chi connectivity index (χ3v) is 6.20. The maximum Gasteiger partial charge on any atom is 0.00955 e. The Morgan fingerprint density at radius 1 is 0.944 bits per heavy atom. The zero-order chi connectivity index (χ0) is 12.5. The number of hydrogen-bond acceptors (Lipinski definition) is 1. The first kappa shape index (κ1) is 13.0. The molecule has 0 saturated heterocycles. The molecule has 1 N–H and O–H groups in total. The van der Waals surface area contributed by atoms with E-state index in [-0.39, 0.29) is 0 Å². The summed E-state index contributed by atoms with van der Waals surface area (Å²) in [7, 11) is 0. The van der Waals surface area contributed by atoms with Gasteiger partial charge in [0.2, 0.25) is 0 Å². The highest BCUT2D eigenvalue weighted by Gasteiger charge is 2.41. The van der Waals surface area contributed by atoms with Gasteiger partial charge in [0, 0.05) is 6.04 Å². The predicted molar refractivity (Wildman–Crippen MR) is 77.5 cm³/mol. The minimum Gasteiger partial charge on any atom is -0.314 e. The molecule has 0 heterocycles. The van der Waals surface area contributed by atoms with Crippen LogP contribution >= 0.6 is 0 Å². The number of fused-ring (bicyclic) bond motifs is 2. The van der Waals surface area contributed by atoms with Gasteiger partial charge in [-0.3, -0.25) is 0 Å². The molecule has 3 aliphatic carbocycles. The van der Waals surface area contributed by atoms with Crippen LogP contribution in [0.2, 0.25) is 0 Å². The molecule has 104 valence electrons. The van der Waals surface area contributed by atoms with Crippen LogP contribution in [0.1, 0.15) is 65.2 Å². The van der Waals surface area contributed by atoms with Gasteiger partial charge in [-0.2, -0.15) is 0 Å². The van der Waals surface area contributed by atoms with E-state index in [0.717, 1.165) is 42.2 Å². The molecule has 18 heavy (non-hydrogen) atoms. The summed E-state index contributed by atoms with van der Waals surface area (Å²) < 4.78 is 0. The molecule has 6 atom stereocenters. The first-order chi connectivity index (χ1) is 8.76. The lowest BCUT2D eigenvalue weighted by Gasteiger charge is -2.38. The molecule has 3 rings (SSSR count). The van der Waals surface area contributed by atoms with Crippen molar-refractivity contribution in [3.05, 3.63) is 0 Å². The number of hydrogen-bond donors (Lipinski definition) is 1. The second kappa shape index (κ2) is 5.53. The summed E-state index contributed by atoms with van der Waals surface area (Å²) in [4.78, 5) is 0. The van der Waals surface area contributed by atoms with Crippen LogP contribution in [0.15, 0.2) is 0 Å². The maximum atomic E-state index is 3.77. The summed E-state index contributed by atoms with van der Waals surface area (Å²) in [6.45, 7) is 5.90. The van der Waals surface area contributed by atoms with Crippen molar-refractivity contribution in [3.8, 4) is 0 Å². The average Bonchev–Trinajstić information content (AvgIpc) is 2.95. The van der Waals surface area contributed by atoms with Crippen molar-refractivity contribution in [2.24, 2.45) is 29.6 Å². The van der Waals surface area contributed by atoms with E-state index in [1.54, 1.807) is 32.1 Å². The molecule has 3 aliphatic rings. The summed E-state index contributed by atoms with van der Waals surface area (Å²) in [6.07, 6.45) is 12.2. The minimum atomic E-state index is 0.838. The fraction of sp³-hybridized carbons (Fsp3) is 1.00.